The Kier molecular flexibility index (Phi) is 5.68. The maximum atomic E-state index is 12.2. The van der Waals surface area contributed by atoms with E-state index >= 15 is 0 Å². The van der Waals surface area contributed by atoms with Gasteiger partial charge in [-0.2, -0.15) is 0 Å². The molecule has 1 atom stereocenters. The molecule has 8 nitrogen and oxygen atoms in total. The number of anilines is 2. The number of aromatic nitrogens is 2. The van der Waals surface area contributed by atoms with Crippen molar-refractivity contribution in [2.75, 3.05) is 30.5 Å². The van der Waals surface area contributed by atoms with Gasteiger partial charge in [0.1, 0.15) is 12.3 Å². The molecule has 2 aliphatic heterocycles. The van der Waals surface area contributed by atoms with Gasteiger partial charge >= 0.3 is 6.09 Å². The molecule has 3 N–H and O–H groups in total. The van der Waals surface area contributed by atoms with E-state index in [0.29, 0.717) is 36.5 Å². The summed E-state index contributed by atoms with van der Waals surface area (Å²) < 4.78 is 12.3. The largest absolute Gasteiger partial charge is 0.474 e. The number of nitrogens with two attached hydrogens (primary N) is 1. The van der Waals surface area contributed by atoms with E-state index in [4.69, 9.17) is 15.2 Å². The lowest BCUT2D eigenvalue weighted by atomic mass is 9.90. The first-order valence-electron chi connectivity index (χ1n) is 9.49. The molecule has 5 rings (SSSR count). The van der Waals surface area contributed by atoms with Crippen LogP contribution in [0.3, 0.4) is 0 Å². The fraction of sp³-hybridized carbons (Fsp3) is 0.350. The Bertz CT molecular complexity index is 1090. The van der Waals surface area contributed by atoms with Gasteiger partial charge in [0.15, 0.2) is 5.13 Å². The first kappa shape index (κ1) is 20.6. The summed E-state index contributed by atoms with van der Waals surface area (Å²) in [7, 11) is 0. The summed E-state index contributed by atoms with van der Waals surface area (Å²) in [6, 6.07) is 7.44. The molecule has 2 aromatic heterocycles. The van der Waals surface area contributed by atoms with Crippen LogP contribution in [0.15, 0.2) is 30.5 Å². The molecule has 158 valence electrons. The van der Waals surface area contributed by atoms with Gasteiger partial charge < -0.3 is 20.3 Å². The molecule has 30 heavy (non-hydrogen) atoms. The van der Waals surface area contributed by atoms with Gasteiger partial charge in [0, 0.05) is 25.0 Å². The fourth-order valence-corrected chi connectivity index (χ4v) is 4.89. The number of pyridine rings is 1. The van der Waals surface area contributed by atoms with E-state index < -0.39 is 6.09 Å². The van der Waals surface area contributed by atoms with E-state index in [1.54, 1.807) is 6.20 Å². The number of hydrogen-bond acceptors (Lipinski definition) is 7. The van der Waals surface area contributed by atoms with Gasteiger partial charge in [0.25, 0.3) is 0 Å². The summed E-state index contributed by atoms with van der Waals surface area (Å²) >= 11 is 1.42. The van der Waals surface area contributed by atoms with Gasteiger partial charge in [-0.1, -0.05) is 17.4 Å². The van der Waals surface area contributed by atoms with Crippen LogP contribution in [0.4, 0.5) is 15.6 Å². The molecule has 2 aliphatic rings. The molecule has 1 fully saturated rings. The average Bonchev–Trinajstić information content (AvgIpc) is 3.12. The van der Waals surface area contributed by atoms with Crippen LogP contribution < -0.4 is 15.4 Å². The summed E-state index contributed by atoms with van der Waals surface area (Å²) in [4.78, 5) is 22.3. The molecule has 0 bridgehead atoms. The second kappa shape index (κ2) is 8.25. The monoisotopic (exact) mass is 448 g/mol. The van der Waals surface area contributed by atoms with Gasteiger partial charge in [0.2, 0.25) is 5.88 Å². The lowest BCUT2D eigenvalue weighted by Crippen LogP contribution is -2.51. The number of rotatable bonds is 2. The molecule has 1 aromatic carbocycles. The second-order valence-corrected chi connectivity index (χ2v) is 8.33. The number of carboxylic acid groups (broad SMARTS) is 1. The van der Waals surface area contributed by atoms with E-state index in [-0.39, 0.29) is 24.4 Å². The maximum absolute atomic E-state index is 12.2. The highest BCUT2D eigenvalue weighted by molar-refractivity contribution is 7.22. The summed E-state index contributed by atoms with van der Waals surface area (Å²) in [5, 5.41) is 10.5. The lowest BCUT2D eigenvalue weighted by Gasteiger charge is -2.40. The number of ether oxygens (including phenoxy) is 2. The van der Waals surface area contributed by atoms with Gasteiger partial charge in [-0.15, -0.1) is 12.4 Å². The zero-order valence-electron chi connectivity index (χ0n) is 16.0. The molecule has 0 aliphatic carbocycles. The van der Waals surface area contributed by atoms with Crippen LogP contribution in [0.2, 0.25) is 0 Å². The highest BCUT2D eigenvalue weighted by Crippen LogP contribution is 2.39. The number of halogens is 1. The Morgan fingerprint density at radius 1 is 1.23 bits per heavy atom. The molecule has 0 saturated carbocycles. The Balaban J connectivity index is 0.00000218. The van der Waals surface area contributed by atoms with Crippen LogP contribution in [0.5, 0.6) is 5.88 Å². The van der Waals surface area contributed by atoms with Crippen molar-refractivity contribution in [3.05, 3.63) is 30.5 Å². The second-order valence-electron chi connectivity index (χ2n) is 7.26. The quantitative estimate of drug-likeness (QED) is 0.608. The van der Waals surface area contributed by atoms with Crippen LogP contribution in [-0.2, 0) is 4.74 Å². The van der Waals surface area contributed by atoms with E-state index in [1.807, 2.05) is 24.3 Å². The minimum absolute atomic E-state index is 0. The van der Waals surface area contributed by atoms with Crippen LogP contribution in [0, 0.1) is 5.92 Å². The number of thiazole rings is 1. The zero-order chi connectivity index (χ0) is 20.0. The van der Waals surface area contributed by atoms with Crippen molar-refractivity contribution in [1.82, 2.24) is 9.97 Å². The minimum atomic E-state index is -0.990. The van der Waals surface area contributed by atoms with Crippen LogP contribution >= 0.6 is 23.7 Å². The van der Waals surface area contributed by atoms with E-state index in [1.165, 1.54) is 16.2 Å². The fourth-order valence-electron chi connectivity index (χ4n) is 4.11. The molecule has 4 heterocycles. The van der Waals surface area contributed by atoms with Crippen LogP contribution in [0.1, 0.15) is 12.8 Å². The van der Waals surface area contributed by atoms with Crippen molar-refractivity contribution in [1.29, 1.82) is 0 Å². The molecular formula is C20H21ClN4O4S. The van der Waals surface area contributed by atoms with Gasteiger partial charge in [0.05, 0.1) is 16.3 Å². The molecule has 10 heteroatoms. The molecule has 3 aromatic rings. The Labute approximate surface area is 183 Å². The Hall–Kier alpha value is -2.62. The minimum Gasteiger partial charge on any atom is -0.474 e. The van der Waals surface area contributed by atoms with Crippen molar-refractivity contribution >= 4 is 50.9 Å². The number of benzene rings is 1. The highest BCUT2D eigenvalue weighted by Gasteiger charge is 2.39. The molecule has 1 unspecified atom stereocenters. The molecule has 0 spiro atoms. The standard InChI is InChI=1S/C20H20N4O4S.ClH/c21-19-23-14-2-1-12(8-17(14)29-19)13-7-15-18(22-9-13)28-10-16(24(15)20(25)26)11-3-5-27-6-4-11;/h1-2,7-9,11,16H,3-6,10H2,(H2,21,23)(H,25,26);1H. The average molecular weight is 449 g/mol. The third kappa shape index (κ3) is 3.64. The van der Waals surface area contributed by atoms with E-state index in [0.717, 1.165) is 34.2 Å². The van der Waals surface area contributed by atoms with Gasteiger partial charge in [-0.3, -0.25) is 4.90 Å². The predicted molar refractivity (Wildman–Crippen MR) is 118 cm³/mol. The van der Waals surface area contributed by atoms with Gasteiger partial charge in [-0.05, 0) is 42.5 Å². The summed E-state index contributed by atoms with van der Waals surface area (Å²) in [6.45, 7) is 1.61. The number of fused-ring (bicyclic) bond motifs is 2. The third-order valence-corrected chi connectivity index (χ3v) is 6.42. The number of amides is 1. The number of nitrogen functional groups attached to an aromatic ring is 1. The highest BCUT2D eigenvalue weighted by atomic mass is 35.5. The maximum Gasteiger partial charge on any atom is 0.412 e. The van der Waals surface area contributed by atoms with Gasteiger partial charge in [-0.25, -0.2) is 14.8 Å². The molecule has 0 radical (unpaired) electrons. The van der Waals surface area contributed by atoms with Crippen molar-refractivity contribution in [3.8, 4) is 17.0 Å². The van der Waals surface area contributed by atoms with Crippen LogP contribution in [0.25, 0.3) is 21.3 Å². The molecule has 1 amide bonds. The van der Waals surface area contributed by atoms with Crippen molar-refractivity contribution in [2.24, 2.45) is 5.92 Å². The van der Waals surface area contributed by atoms with Crippen molar-refractivity contribution < 1.29 is 19.4 Å². The summed E-state index contributed by atoms with van der Waals surface area (Å²) in [5.41, 5.74) is 8.88. The number of hydrogen-bond donors (Lipinski definition) is 2. The Morgan fingerprint density at radius 2 is 2.03 bits per heavy atom. The molecule has 1 saturated heterocycles. The molecular weight excluding hydrogens is 428 g/mol. The number of nitrogens with zero attached hydrogens (tertiary/aromatic N) is 3. The first-order valence-corrected chi connectivity index (χ1v) is 10.3. The lowest BCUT2D eigenvalue weighted by molar-refractivity contribution is 0.0481. The first-order chi connectivity index (χ1) is 14.1. The van der Waals surface area contributed by atoms with Crippen molar-refractivity contribution in [3.63, 3.8) is 0 Å². The Morgan fingerprint density at radius 3 is 2.80 bits per heavy atom. The zero-order valence-corrected chi connectivity index (χ0v) is 17.6. The third-order valence-electron chi connectivity index (χ3n) is 5.57. The van der Waals surface area contributed by atoms with Crippen LogP contribution in [-0.4, -0.2) is 47.0 Å². The summed E-state index contributed by atoms with van der Waals surface area (Å²) in [6.07, 6.45) is 2.36. The normalized spacial score (nSPS) is 19.1. The van der Waals surface area contributed by atoms with Crippen molar-refractivity contribution in [2.45, 2.75) is 18.9 Å². The smallest absolute Gasteiger partial charge is 0.412 e. The predicted octanol–water partition coefficient (Wildman–Crippen LogP) is 4.03. The SMILES string of the molecule is Cl.Nc1nc2ccc(-c3cnc4c(c3)N(C(=O)O)C(C3CCOCC3)CO4)cc2s1. The number of carbonyl (C=O) groups is 1. The topological polar surface area (TPSA) is 111 Å². The van der Waals surface area contributed by atoms with E-state index in [2.05, 4.69) is 9.97 Å². The summed E-state index contributed by atoms with van der Waals surface area (Å²) in [5.74, 6) is 0.552. The van der Waals surface area contributed by atoms with E-state index in [9.17, 15) is 9.90 Å².